The van der Waals surface area contributed by atoms with Crippen LogP contribution in [-0.2, 0) is 11.2 Å². The lowest BCUT2D eigenvalue weighted by Gasteiger charge is -2.18. The average molecular weight is 265 g/mol. The minimum absolute atomic E-state index is 0.00109. The molecule has 0 saturated carbocycles. The van der Waals surface area contributed by atoms with Crippen molar-refractivity contribution in [1.29, 1.82) is 0 Å². The van der Waals surface area contributed by atoms with Gasteiger partial charge in [-0.2, -0.15) is 0 Å². The molecular weight excluding hydrogens is 238 g/mol. The van der Waals surface area contributed by atoms with E-state index < -0.39 is 0 Å². The molecule has 1 rings (SSSR count). The van der Waals surface area contributed by atoms with Crippen LogP contribution in [0.1, 0.15) is 49.1 Å². The quantitative estimate of drug-likeness (QED) is 0.823. The third-order valence-electron chi connectivity index (χ3n) is 3.49. The van der Waals surface area contributed by atoms with Gasteiger partial charge in [-0.3, -0.25) is 0 Å². The molecule has 0 aliphatic rings. The lowest BCUT2D eigenvalue weighted by molar-refractivity contribution is 0.0922. The van der Waals surface area contributed by atoms with Crippen LogP contribution in [0.3, 0.4) is 0 Å². The summed E-state index contributed by atoms with van der Waals surface area (Å²) in [5.74, 6) is 1.39. The van der Waals surface area contributed by atoms with Crippen molar-refractivity contribution >= 4 is 0 Å². The van der Waals surface area contributed by atoms with Crippen LogP contribution in [0.25, 0.3) is 0 Å². The van der Waals surface area contributed by atoms with Gasteiger partial charge in [0.2, 0.25) is 0 Å². The van der Waals surface area contributed by atoms with Crippen LogP contribution < -0.4 is 5.32 Å². The molecule has 4 heteroatoms. The Morgan fingerprint density at radius 1 is 1.21 bits per heavy atom. The topological polar surface area (TPSA) is 47.0 Å². The molecule has 0 aliphatic carbocycles. The van der Waals surface area contributed by atoms with Crippen LogP contribution in [0.5, 0.6) is 0 Å². The zero-order valence-electron chi connectivity index (χ0n) is 13.1. The zero-order chi connectivity index (χ0) is 14.4. The maximum atomic E-state index is 5.42. The monoisotopic (exact) mass is 265 g/mol. The first-order valence-corrected chi connectivity index (χ1v) is 7.04. The molecule has 2 atom stereocenters. The van der Waals surface area contributed by atoms with Crippen molar-refractivity contribution in [3.8, 4) is 0 Å². The van der Waals surface area contributed by atoms with E-state index in [-0.39, 0.29) is 6.10 Å². The molecule has 2 unspecified atom stereocenters. The lowest BCUT2D eigenvalue weighted by Crippen LogP contribution is -2.20. The predicted molar refractivity (Wildman–Crippen MR) is 78.3 cm³/mol. The van der Waals surface area contributed by atoms with Crippen LogP contribution >= 0.6 is 0 Å². The maximum Gasteiger partial charge on any atom is 0.157 e. The Morgan fingerprint density at radius 3 is 2.21 bits per heavy atom. The predicted octanol–water partition coefficient (Wildman–Crippen LogP) is 2.59. The fourth-order valence-corrected chi connectivity index (χ4v) is 2.43. The molecule has 0 fully saturated rings. The first kappa shape index (κ1) is 16.1. The van der Waals surface area contributed by atoms with Gasteiger partial charge in [0, 0.05) is 18.5 Å². The second kappa shape index (κ2) is 7.56. The lowest BCUT2D eigenvalue weighted by atomic mass is 9.98. The summed E-state index contributed by atoms with van der Waals surface area (Å²) in [6.45, 7) is 9.48. The second-order valence-electron chi connectivity index (χ2n) is 5.23. The molecule has 0 aliphatic heterocycles. The maximum absolute atomic E-state index is 5.42. The van der Waals surface area contributed by atoms with E-state index in [1.165, 1.54) is 5.56 Å². The summed E-state index contributed by atoms with van der Waals surface area (Å²) in [4.78, 5) is 9.27. The van der Waals surface area contributed by atoms with Crippen LogP contribution in [-0.4, -0.2) is 30.7 Å². The number of aromatic nitrogens is 2. The molecule has 0 spiro atoms. The minimum atomic E-state index is 0.00109. The summed E-state index contributed by atoms with van der Waals surface area (Å²) < 4.78 is 5.42. The van der Waals surface area contributed by atoms with Crippen molar-refractivity contribution in [2.24, 2.45) is 5.92 Å². The highest BCUT2D eigenvalue weighted by molar-refractivity contribution is 5.25. The highest BCUT2D eigenvalue weighted by atomic mass is 16.5. The Balaban J connectivity index is 2.97. The van der Waals surface area contributed by atoms with Crippen molar-refractivity contribution in [2.45, 2.75) is 46.6 Å². The fraction of sp³-hybridized carbons (Fsp3) is 0.733. The van der Waals surface area contributed by atoms with Crippen LogP contribution in [0.4, 0.5) is 0 Å². The number of aryl methyl sites for hydroxylation is 2. The second-order valence-corrected chi connectivity index (χ2v) is 5.23. The van der Waals surface area contributed by atoms with E-state index in [1.54, 1.807) is 7.11 Å². The molecule has 1 N–H and O–H groups in total. The fourth-order valence-electron chi connectivity index (χ4n) is 2.43. The normalized spacial score (nSPS) is 14.4. The van der Waals surface area contributed by atoms with E-state index in [2.05, 4.69) is 43.0 Å². The number of hydrogen-bond acceptors (Lipinski definition) is 4. The molecule has 4 nitrogen and oxygen atoms in total. The van der Waals surface area contributed by atoms with E-state index in [0.717, 1.165) is 36.6 Å². The number of nitrogens with one attached hydrogen (secondary N) is 1. The molecule has 0 saturated heterocycles. The van der Waals surface area contributed by atoms with E-state index in [4.69, 9.17) is 4.74 Å². The van der Waals surface area contributed by atoms with Crippen LogP contribution in [0.2, 0.25) is 0 Å². The molecule has 0 amide bonds. The standard InChI is InChI=1S/C15H27N3O/c1-7-14(19-6)15-17-11(3)13(12(4)18-15)8-10(2)9-16-5/h10,14,16H,7-9H2,1-6H3. The van der Waals surface area contributed by atoms with Gasteiger partial charge < -0.3 is 10.1 Å². The number of hydrogen-bond donors (Lipinski definition) is 1. The third kappa shape index (κ3) is 4.25. The summed E-state index contributed by atoms with van der Waals surface area (Å²) in [7, 11) is 3.70. The van der Waals surface area contributed by atoms with Crippen LogP contribution in [0.15, 0.2) is 0 Å². The van der Waals surface area contributed by atoms with Gasteiger partial charge >= 0.3 is 0 Å². The first-order chi connectivity index (χ1) is 9.03. The van der Waals surface area contributed by atoms with E-state index in [0.29, 0.717) is 5.92 Å². The van der Waals surface area contributed by atoms with Gasteiger partial charge in [0.25, 0.3) is 0 Å². The zero-order valence-corrected chi connectivity index (χ0v) is 13.1. The van der Waals surface area contributed by atoms with Gasteiger partial charge in [-0.1, -0.05) is 13.8 Å². The summed E-state index contributed by atoms with van der Waals surface area (Å²) >= 11 is 0. The van der Waals surface area contributed by atoms with Crippen molar-refractivity contribution in [3.63, 3.8) is 0 Å². The van der Waals surface area contributed by atoms with Gasteiger partial charge in [0.05, 0.1) is 0 Å². The number of methoxy groups -OCH3 is 1. The summed E-state index contributed by atoms with van der Waals surface area (Å²) in [6, 6.07) is 0. The van der Waals surface area contributed by atoms with Gasteiger partial charge in [0.1, 0.15) is 6.10 Å². The molecule has 1 heterocycles. The molecule has 19 heavy (non-hydrogen) atoms. The molecule has 0 bridgehead atoms. The number of nitrogens with zero attached hydrogens (tertiary/aromatic N) is 2. The number of ether oxygens (including phenoxy) is 1. The Hall–Kier alpha value is -1.00. The largest absolute Gasteiger partial charge is 0.373 e. The van der Waals surface area contributed by atoms with Gasteiger partial charge in [-0.25, -0.2) is 9.97 Å². The molecular formula is C15H27N3O. The smallest absolute Gasteiger partial charge is 0.157 e. The third-order valence-corrected chi connectivity index (χ3v) is 3.49. The molecule has 1 aromatic heterocycles. The van der Waals surface area contributed by atoms with E-state index >= 15 is 0 Å². The van der Waals surface area contributed by atoms with Crippen molar-refractivity contribution in [3.05, 3.63) is 22.8 Å². The molecule has 108 valence electrons. The average Bonchev–Trinajstić information content (AvgIpc) is 2.36. The van der Waals surface area contributed by atoms with Crippen molar-refractivity contribution in [1.82, 2.24) is 15.3 Å². The summed E-state index contributed by atoms with van der Waals surface area (Å²) in [5.41, 5.74) is 3.44. The Labute approximate surface area is 117 Å². The highest BCUT2D eigenvalue weighted by Crippen LogP contribution is 2.21. The van der Waals surface area contributed by atoms with E-state index in [1.807, 2.05) is 7.05 Å². The van der Waals surface area contributed by atoms with E-state index in [9.17, 15) is 0 Å². The Morgan fingerprint density at radius 2 is 1.79 bits per heavy atom. The first-order valence-electron chi connectivity index (χ1n) is 7.04. The summed E-state index contributed by atoms with van der Waals surface area (Å²) in [5, 5.41) is 3.21. The van der Waals surface area contributed by atoms with Gasteiger partial charge in [0.15, 0.2) is 5.82 Å². The highest BCUT2D eigenvalue weighted by Gasteiger charge is 2.16. The Bertz CT molecular complexity index is 379. The van der Waals surface area contributed by atoms with Gasteiger partial charge in [-0.05, 0) is 51.8 Å². The number of rotatable bonds is 7. The van der Waals surface area contributed by atoms with Crippen molar-refractivity contribution < 1.29 is 4.74 Å². The SMILES string of the molecule is CCC(OC)c1nc(C)c(CC(C)CNC)c(C)n1. The van der Waals surface area contributed by atoms with Crippen LogP contribution in [0, 0.1) is 19.8 Å². The summed E-state index contributed by atoms with van der Waals surface area (Å²) in [6.07, 6.45) is 1.91. The van der Waals surface area contributed by atoms with Crippen molar-refractivity contribution in [2.75, 3.05) is 20.7 Å². The molecule has 1 aromatic rings. The minimum Gasteiger partial charge on any atom is -0.373 e. The Kier molecular flexibility index (Phi) is 6.38. The molecule has 0 radical (unpaired) electrons. The van der Waals surface area contributed by atoms with Gasteiger partial charge in [-0.15, -0.1) is 0 Å². The molecule has 0 aromatic carbocycles.